The van der Waals surface area contributed by atoms with Gasteiger partial charge in [0.25, 0.3) is 5.91 Å². The van der Waals surface area contributed by atoms with Crippen LogP contribution in [0, 0.1) is 6.92 Å². The summed E-state index contributed by atoms with van der Waals surface area (Å²) in [7, 11) is 0. The van der Waals surface area contributed by atoms with E-state index < -0.39 is 0 Å². The zero-order valence-electron chi connectivity index (χ0n) is 11.8. The lowest BCUT2D eigenvalue weighted by Crippen LogP contribution is -2.26. The maximum atomic E-state index is 12.1. The van der Waals surface area contributed by atoms with E-state index in [4.69, 9.17) is 4.74 Å². The van der Waals surface area contributed by atoms with Crippen LogP contribution in [0.4, 0.5) is 0 Å². The monoisotopic (exact) mass is 290 g/mol. The van der Waals surface area contributed by atoms with Gasteiger partial charge in [-0.15, -0.1) is 0 Å². The summed E-state index contributed by atoms with van der Waals surface area (Å²) in [6.07, 6.45) is 0. The Morgan fingerprint density at radius 1 is 1.40 bits per heavy atom. The minimum atomic E-state index is -0.0855. The van der Waals surface area contributed by atoms with Crippen molar-refractivity contribution in [3.05, 3.63) is 46.5 Å². The van der Waals surface area contributed by atoms with Crippen molar-refractivity contribution in [1.29, 1.82) is 0 Å². The number of benzene rings is 1. The van der Waals surface area contributed by atoms with E-state index in [1.165, 1.54) is 11.5 Å². The van der Waals surface area contributed by atoms with E-state index in [0.717, 1.165) is 17.0 Å². The van der Waals surface area contributed by atoms with Gasteiger partial charge in [0.15, 0.2) is 0 Å². The van der Waals surface area contributed by atoms with Crippen LogP contribution < -0.4 is 10.1 Å². The SMILES string of the molecule is CCOc1ccc([C@H](C)NC(=O)c2csnc2C)cc1. The molecule has 2 rings (SSSR count). The normalized spacial score (nSPS) is 11.9. The van der Waals surface area contributed by atoms with Gasteiger partial charge < -0.3 is 10.1 Å². The summed E-state index contributed by atoms with van der Waals surface area (Å²) >= 11 is 1.30. The van der Waals surface area contributed by atoms with Gasteiger partial charge in [-0.3, -0.25) is 4.79 Å². The maximum Gasteiger partial charge on any atom is 0.254 e. The van der Waals surface area contributed by atoms with E-state index in [0.29, 0.717) is 12.2 Å². The average molecular weight is 290 g/mol. The summed E-state index contributed by atoms with van der Waals surface area (Å²) < 4.78 is 9.52. The molecule has 0 fully saturated rings. The maximum absolute atomic E-state index is 12.1. The molecule has 20 heavy (non-hydrogen) atoms. The first-order valence-corrected chi connectivity index (χ1v) is 7.40. The molecule has 0 bridgehead atoms. The number of aromatic nitrogens is 1. The molecule has 0 unspecified atom stereocenters. The molecule has 2 aromatic rings. The van der Waals surface area contributed by atoms with Crippen molar-refractivity contribution in [3.63, 3.8) is 0 Å². The van der Waals surface area contributed by atoms with E-state index in [9.17, 15) is 4.79 Å². The quantitative estimate of drug-likeness (QED) is 0.919. The highest BCUT2D eigenvalue weighted by atomic mass is 32.1. The van der Waals surface area contributed by atoms with Crippen LogP contribution in [0.5, 0.6) is 5.75 Å². The largest absolute Gasteiger partial charge is 0.494 e. The first-order valence-electron chi connectivity index (χ1n) is 6.56. The Morgan fingerprint density at radius 3 is 2.65 bits per heavy atom. The highest BCUT2D eigenvalue weighted by Gasteiger charge is 2.14. The minimum Gasteiger partial charge on any atom is -0.494 e. The second kappa shape index (κ2) is 6.52. The van der Waals surface area contributed by atoms with Gasteiger partial charge in [0.1, 0.15) is 5.75 Å². The summed E-state index contributed by atoms with van der Waals surface area (Å²) in [5, 5.41) is 4.75. The Hall–Kier alpha value is -1.88. The van der Waals surface area contributed by atoms with Gasteiger partial charge in [-0.2, -0.15) is 4.37 Å². The lowest BCUT2D eigenvalue weighted by Gasteiger charge is -2.14. The number of carbonyl (C=O) groups is 1. The molecule has 1 aromatic heterocycles. The first-order chi connectivity index (χ1) is 9.61. The van der Waals surface area contributed by atoms with Crippen LogP contribution in [0.25, 0.3) is 0 Å². The summed E-state index contributed by atoms with van der Waals surface area (Å²) in [6.45, 7) is 6.40. The molecule has 1 aromatic carbocycles. The number of aryl methyl sites for hydroxylation is 1. The first kappa shape index (κ1) is 14.5. The molecular formula is C15H18N2O2S. The van der Waals surface area contributed by atoms with Crippen LogP contribution in [0.3, 0.4) is 0 Å². The third-order valence-electron chi connectivity index (χ3n) is 3.03. The van der Waals surface area contributed by atoms with Crippen LogP contribution in [0.2, 0.25) is 0 Å². The number of ether oxygens (including phenoxy) is 1. The van der Waals surface area contributed by atoms with Gasteiger partial charge in [0.2, 0.25) is 0 Å². The fraction of sp³-hybridized carbons (Fsp3) is 0.333. The van der Waals surface area contributed by atoms with Gasteiger partial charge in [-0.1, -0.05) is 12.1 Å². The Labute approximate surface area is 123 Å². The molecule has 106 valence electrons. The number of nitrogens with one attached hydrogen (secondary N) is 1. The van der Waals surface area contributed by atoms with Crippen LogP contribution >= 0.6 is 11.5 Å². The molecule has 4 nitrogen and oxygen atoms in total. The van der Waals surface area contributed by atoms with E-state index in [-0.39, 0.29) is 11.9 Å². The topological polar surface area (TPSA) is 51.2 Å². The molecular weight excluding hydrogens is 272 g/mol. The van der Waals surface area contributed by atoms with Crippen molar-refractivity contribution in [1.82, 2.24) is 9.69 Å². The van der Waals surface area contributed by atoms with Crippen LogP contribution in [-0.2, 0) is 0 Å². The Kier molecular flexibility index (Phi) is 4.74. The van der Waals surface area contributed by atoms with Gasteiger partial charge in [-0.25, -0.2) is 0 Å². The molecule has 0 spiro atoms. The van der Waals surface area contributed by atoms with Gasteiger partial charge in [0.05, 0.1) is 23.9 Å². The molecule has 1 atom stereocenters. The highest BCUT2D eigenvalue weighted by molar-refractivity contribution is 7.03. The van der Waals surface area contributed by atoms with E-state index >= 15 is 0 Å². The number of hydrogen-bond acceptors (Lipinski definition) is 4. The molecule has 0 saturated heterocycles. The Morgan fingerprint density at radius 2 is 2.10 bits per heavy atom. The molecule has 0 aliphatic carbocycles. The van der Waals surface area contributed by atoms with E-state index in [2.05, 4.69) is 9.69 Å². The fourth-order valence-corrected chi connectivity index (χ4v) is 2.58. The predicted molar refractivity (Wildman–Crippen MR) is 80.3 cm³/mol. The van der Waals surface area contributed by atoms with Gasteiger partial charge in [0, 0.05) is 5.38 Å². The van der Waals surface area contributed by atoms with Gasteiger partial charge in [-0.05, 0) is 50.0 Å². The average Bonchev–Trinajstić information content (AvgIpc) is 2.86. The zero-order valence-corrected chi connectivity index (χ0v) is 12.7. The van der Waals surface area contributed by atoms with Gasteiger partial charge >= 0.3 is 0 Å². The van der Waals surface area contributed by atoms with E-state index in [1.54, 1.807) is 5.38 Å². The summed E-state index contributed by atoms with van der Waals surface area (Å²) in [6, 6.07) is 7.71. The van der Waals surface area contributed by atoms with Crippen molar-refractivity contribution in [2.75, 3.05) is 6.61 Å². The second-order valence-electron chi connectivity index (χ2n) is 4.51. The smallest absolute Gasteiger partial charge is 0.254 e. The van der Waals surface area contributed by atoms with Crippen molar-refractivity contribution < 1.29 is 9.53 Å². The standard InChI is InChI=1S/C15H18N2O2S/c1-4-19-13-7-5-12(6-8-13)10(2)16-15(18)14-9-20-17-11(14)3/h5-10H,4H2,1-3H3,(H,16,18)/t10-/m0/s1. The summed E-state index contributed by atoms with van der Waals surface area (Å²) in [5.74, 6) is 0.755. The summed E-state index contributed by atoms with van der Waals surface area (Å²) in [5.41, 5.74) is 2.46. The molecule has 1 amide bonds. The van der Waals surface area contributed by atoms with Crippen LogP contribution in [0.1, 0.15) is 41.5 Å². The van der Waals surface area contributed by atoms with Crippen molar-refractivity contribution in [2.45, 2.75) is 26.8 Å². The summed E-state index contributed by atoms with van der Waals surface area (Å²) in [4.78, 5) is 12.1. The Bertz CT molecular complexity index is 578. The van der Waals surface area contributed by atoms with Crippen LogP contribution in [0.15, 0.2) is 29.6 Å². The van der Waals surface area contributed by atoms with E-state index in [1.807, 2.05) is 45.0 Å². The molecule has 1 N–H and O–H groups in total. The lowest BCUT2D eigenvalue weighted by molar-refractivity contribution is 0.0939. The van der Waals surface area contributed by atoms with Crippen molar-refractivity contribution in [2.24, 2.45) is 0 Å². The third-order valence-corrected chi connectivity index (χ3v) is 3.75. The minimum absolute atomic E-state index is 0.0579. The third kappa shape index (κ3) is 3.36. The zero-order chi connectivity index (χ0) is 14.5. The fourth-order valence-electron chi connectivity index (χ4n) is 1.89. The Balaban J connectivity index is 2.02. The second-order valence-corrected chi connectivity index (χ2v) is 5.14. The molecule has 0 aliphatic heterocycles. The molecule has 0 saturated carbocycles. The van der Waals surface area contributed by atoms with Crippen LogP contribution in [-0.4, -0.2) is 16.9 Å². The number of hydrogen-bond donors (Lipinski definition) is 1. The van der Waals surface area contributed by atoms with Crippen molar-refractivity contribution in [3.8, 4) is 5.75 Å². The molecule has 0 radical (unpaired) electrons. The number of nitrogens with zero attached hydrogens (tertiary/aromatic N) is 1. The predicted octanol–water partition coefficient (Wildman–Crippen LogP) is 3.34. The molecule has 1 heterocycles. The number of carbonyl (C=O) groups excluding carboxylic acids is 1. The lowest BCUT2D eigenvalue weighted by atomic mass is 10.1. The molecule has 5 heteroatoms. The number of amides is 1. The highest BCUT2D eigenvalue weighted by Crippen LogP contribution is 2.18. The van der Waals surface area contributed by atoms with Crippen molar-refractivity contribution >= 4 is 17.4 Å². The molecule has 0 aliphatic rings. The number of rotatable bonds is 5.